The maximum absolute atomic E-state index is 10.9. The van der Waals surface area contributed by atoms with Crippen LogP contribution < -0.4 is 10.1 Å². The number of hydrogen-bond acceptors (Lipinski definition) is 4. The van der Waals surface area contributed by atoms with Crippen molar-refractivity contribution < 1.29 is 9.66 Å². The molecule has 0 aromatic heterocycles. The molecule has 1 saturated carbocycles. The SMILES string of the molecule is COc1cc(CNCC2CCCCC2C)cc([N+](=O)[O-])c1. The van der Waals surface area contributed by atoms with E-state index in [0.29, 0.717) is 12.3 Å². The number of rotatable bonds is 6. The molecule has 116 valence electrons. The molecule has 2 rings (SSSR count). The Balaban J connectivity index is 1.93. The van der Waals surface area contributed by atoms with E-state index in [-0.39, 0.29) is 10.6 Å². The molecule has 2 atom stereocenters. The van der Waals surface area contributed by atoms with Gasteiger partial charge in [0.1, 0.15) is 5.75 Å². The molecule has 0 bridgehead atoms. The van der Waals surface area contributed by atoms with Crippen LogP contribution in [0.25, 0.3) is 0 Å². The molecular formula is C16H24N2O3. The average Bonchev–Trinajstić information content (AvgIpc) is 2.49. The predicted molar refractivity (Wildman–Crippen MR) is 82.5 cm³/mol. The lowest BCUT2D eigenvalue weighted by atomic mass is 9.80. The molecule has 5 nitrogen and oxygen atoms in total. The molecule has 1 aliphatic rings. The first kappa shape index (κ1) is 15.8. The molecule has 0 amide bonds. The molecule has 1 aliphatic carbocycles. The van der Waals surface area contributed by atoms with Crippen molar-refractivity contribution in [3.05, 3.63) is 33.9 Å². The van der Waals surface area contributed by atoms with Gasteiger partial charge in [0.05, 0.1) is 18.1 Å². The summed E-state index contributed by atoms with van der Waals surface area (Å²) in [6.45, 7) is 3.94. The van der Waals surface area contributed by atoms with Crippen molar-refractivity contribution >= 4 is 5.69 Å². The van der Waals surface area contributed by atoms with E-state index >= 15 is 0 Å². The van der Waals surface area contributed by atoms with E-state index in [2.05, 4.69) is 12.2 Å². The standard InChI is InChI=1S/C16H24N2O3/c1-12-5-3-4-6-14(12)11-17-10-13-7-15(18(19)20)9-16(8-13)21-2/h7-9,12,14,17H,3-6,10-11H2,1-2H3. The average molecular weight is 292 g/mol. The summed E-state index contributed by atoms with van der Waals surface area (Å²) in [4.78, 5) is 10.5. The molecule has 21 heavy (non-hydrogen) atoms. The van der Waals surface area contributed by atoms with Gasteiger partial charge in [0.25, 0.3) is 5.69 Å². The van der Waals surface area contributed by atoms with E-state index in [1.807, 2.05) is 6.07 Å². The molecule has 1 fully saturated rings. The lowest BCUT2D eigenvalue weighted by Gasteiger charge is -2.28. The zero-order valence-corrected chi connectivity index (χ0v) is 12.8. The number of nitrogens with zero attached hydrogens (tertiary/aromatic N) is 1. The molecule has 1 aromatic carbocycles. The number of nitrogens with one attached hydrogen (secondary N) is 1. The minimum Gasteiger partial charge on any atom is -0.496 e. The Bertz CT molecular complexity index is 490. The molecule has 2 unspecified atom stereocenters. The molecule has 5 heteroatoms. The summed E-state index contributed by atoms with van der Waals surface area (Å²) in [6, 6.07) is 4.91. The van der Waals surface area contributed by atoms with Crippen molar-refractivity contribution in [3.63, 3.8) is 0 Å². The van der Waals surface area contributed by atoms with Gasteiger partial charge in [-0.05, 0) is 36.4 Å². The topological polar surface area (TPSA) is 64.4 Å². The number of ether oxygens (including phenoxy) is 1. The van der Waals surface area contributed by atoms with Gasteiger partial charge in [0.2, 0.25) is 0 Å². The summed E-state index contributed by atoms with van der Waals surface area (Å²) in [6.07, 6.45) is 5.27. The minimum atomic E-state index is -0.380. The van der Waals surface area contributed by atoms with Gasteiger partial charge in [-0.3, -0.25) is 10.1 Å². The second kappa shape index (κ2) is 7.41. The Hall–Kier alpha value is -1.62. The van der Waals surface area contributed by atoms with Crippen LogP contribution in [0.4, 0.5) is 5.69 Å². The number of nitro groups is 1. The van der Waals surface area contributed by atoms with Crippen molar-refractivity contribution in [2.45, 2.75) is 39.2 Å². The Morgan fingerprint density at radius 3 is 2.76 bits per heavy atom. The van der Waals surface area contributed by atoms with E-state index in [1.54, 1.807) is 6.07 Å². The fourth-order valence-electron chi connectivity index (χ4n) is 3.07. The van der Waals surface area contributed by atoms with Crippen molar-refractivity contribution in [2.75, 3.05) is 13.7 Å². The van der Waals surface area contributed by atoms with Gasteiger partial charge in [-0.25, -0.2) is 0 Å². The van der Waals surface area contributed by atoms with E-state index < -0.39 is 0 Å². The third kappa shape index (κ3) is 4.43. The zero-order valence-electron chi connectivity index (χ0n) is 12.8. The molecule has 1 aromatic rings. The number of non-ortho nitro benzene ring substituents is 1. The van der Waals surface area contributed by atoms with Crippen LogP contribution >= 0.6 is 0 Å². The highest BCUT2D eigenvalue weighted by atomic mass is 16.6. The molecule has 0 heterocycles. The van der Waals surface area contributed by atoms with Gasteiger partial charge in [0.15, 0.2) is 0 Å². The second-order valence-electron chi connectivity index (χ2n) is 5.95. The fourth-order valence-corrected chi connectivity index (χ4v) is 3.07. The lowest BCUT2D eigenvalue weighted by Crippen LogP contribution is -2.29. The Morgan fingerprint density at radius 2 is 2.10 bits per heavy atom. The second-order valence-corrected chi connectivity index (χ2v) is 5.95. The first-order valence-electron chi connectivity index (χ1n) is 7.63. The highest BCUT2D eigenvalue weighted by Crippen LogP contribution is 2.29. The molecule has 1 N–H and O–H groups in total. The van der Waals surface area contributed by atoms with Crippen LogP contribution in [0.15, 0.2) is 18.2 Å². The van der Waals surface area contributed by atoms with Gasteiger partial charge < -0.3 is 10.1 Å². The van der Waals surface area contributed by atoms with Gasteiger partial charge in [-0.15, -0.1) is 0 Å². The van der Waals surface area contributed by atoms with Crippen LogP contribution in [0.5, 0.6) is 5.75 Å². The summed E-state index contributed by atoms with van der Waals surface area (Å²) in [7, 11) is 1.53. The van der Waals surface area contributed by atoms with Crippen molar-refractivity contribution in [2.24, 2.45) is 11.8 Å². The normalized spacial score (nSPS) is 22.0. The van der Waals surface area contributed by atoms with Gasteiger partial charge in [0, 0.05) is 12.6 Å². The number of benzene rings is 1. The lowest BCUT2D eigenvalue weighted by molar-refractivity contribution is -0.385. The Kier molecular flexibility index (Phi) is 5.56. The molecular weight excluding hydrogens is 268 g/mol. The van der Waals surface area contributed by atoms with Crippen LogP contribution in [0.2, 0.25) is 0 Å². The Morgan fingerprint density at radius 1 is 1.33 bits per heavy atom. The summed E-state index contributed by atoms with van der Waals surface area (Å²) in [5.41, 5.74) is 0.974. The quantitative estimate of drug-likeness (QED) is 0.643. The maximum atomic E-state index is 10.9. The molecule has 0 saturated heterocycles. The van der Waals surface area contributed by atoms with E-state index in [4.69, 9.17) is 4.74 Å². The van der Waals surface area contributed by atoms with E-state index in [9.17, 15) is 10.1 Å². The van der Waals surface area contributed by atoms with E-state index in [0.717, 1.165) is 23.9 Å². The maximum Gasteiger partial charge on any atom is 0.273 e. The Labute approximate surface area is 125 Å². The third-order valence-electron chi connectivity index (χ3n) is 4.42. The van der Waals surface area contributed by atoms with Gasteiger partial charge in [-0.1, -0.05) is 26.2 Å². The third-order valence-corrected chi connectivity index (χ3v) is 4.42. The summed E-state index contributed by atoms with van der Waals surface area (Å²) >= 11 is 0. The van der Waals surface area contributed by atoms with Gasteiger partial charge >= 0.3 is 0 Å². The monoisotopic (exact) mass is 292 g/mol. The van der Waals surface area contributed by atoms with Crippen LogP contribution in [0, 0.1) is 22.0 Å². The summed E-state index contributed by atoms with van der Waals surface area (Å²) < 4.78 is 5.13. The van der Waals surface area contributed by atoms with Crippen LogP contribution in [-0.2, 0) is 6.54 Å². The van der Waals surface area contributed by atoms with Crippen LogP contribution in [0.1, 0.15) is 38.2 Å². The first-order valence-corrected chi connectivity index (χ1v) is 7.63. The number of hydrogen-bond donors (Lipinski definition) is 1. The van der Waals surface area contributed by atoms with Crippen molar-refractivity contribution in [3.8, 4) is 5.75 Å². The molecule has 0 aliphatic heterocycles. The van der Waals surface area contributed by atoms with Crippen molar-refractivity contribution in [1.29, 1.82) is 0 Å². The smallest absolute Gasteiger partial charge is 0.273 e. The molecule has 0 radical (unpaired) electrons. The number of methoxy groups -OCH3 is 1. The van der Waals surface area contributed by atoms with Crippen LogP contribution in [-0.4, -0.2) is 18.6 Å². The highest BCUT2D eigenvalue weighted by molar-refractivity contribution is 5.42. The minimum absolute atomic E-state index is 0.0807. The van der Waals surface area contributed by atoms with Crippen molar-refractivity contribution in [1.82, 2.24) is 5.32 Å². The van der Waals surface area contributed by atoms with Crippen LogP contribution in [0.3, 0.4) is 0 Å². The molecule has 0 spiro atoms. The predicted octanol–water partition coefficient (Wildman–Crippen LogP) is 3.52. The summed E-state index contributed by atoms with van der Waals surface area (Å²) in [5.74, 6) is 2.03. The first-order chi connectivity index (χ1) is 10.1. The largest absolute Gasteiger partial charge is 0.496 e. The van der Waals surface area contributed by atoms with E-state index in [1.165, 1.54) is 38.9 Å². The fraction of sp³-hybridized carbons (Fsp3) is 0.625. The summed E-state index contributed by atoms with van der Waals surface area (Å²) in [5, 5.41) is 14.4. The zero-order chi connectivity index (χ0) is 15.2. The number of nitro benzene ring substituents is 1. The highest BCUT2D eigenvalue weighted by Gasteiger charge is 2.20. The van der Waals surface area contributed by atoms with Gasteiger partial charge in [-0.2, -0.15) is 0 Å².